The lowest BCUT2D eigenvalue weighted by Crippen LogP contribution is -2.43. The summed E-state index contributed by atoms with van der Waals surface area (Å²) in [5, 5.41) is 15.0. The number of aromatic amines is 1. The number of alkyl halides is 5. The number of aliphatic hydroxyl groups excluding tert-OH is 1. The van der Waals surface area contributed by atoms with Gasteiger partial charge in [-0.2, -0.15) is 13.2 Å². The van der Waals surface area contributed by atoms with Crippen LogP contribution in [0.4, 0.5) is 26.3 Å². The molecule has 4 rings (SSSR count). The second-order valence-corrected chi connectivity index (χ2v) is 8.69. The highest BCUT2D eigenvalue weighted by Crippen LogP contribution is 2.37. The lowest BCUT2D eigenvalue weighted by atomic mass is 10.00. The van der Waals surface area contributed by atoms with E-state index in [0.29, 0.717) is 16.3 Å². The van der Waals surface area contributed by atoms with Crippen LogP contribution in [-0.2, 0) is 6.18 Å². The Morgan fingerprint density at radius 1 is 1.08 bits per heavy atom. The third-order valence-corrected chi connectivity index (χ3v) is 6.06. The monoisotopic (exact) mass is 538 g/mol. The molecule has 38 heavy (non-hydrogen) atoms. The van der Waals surface area contributed by atoms with E-state index in [4.69, 9.17) is 5.11 Å². The maximum atomic E-state index is 14.5. The Balaban J connectivity index is 1.85. The number of nitrogens with zero attached hydrogens (tertiary/aromatic N) is 2. The predicted octanol–water partition coefficient (Wildman–Crippen LogP) is 4.56. The normalized spacial score (nSPS) is 13.1. The van der Waals surface area contributed by atoms with E-state index in [2.05, 4.69) is 10.1 Å². The van der Waals surface area contributed by atoms with Gasteiger partial charge in [0.1, 0.15) is 29.5 Å². The molecule has 0 saturated carbocycles. The molecule has 2 aromatic heterocycles. The second kappa shape index (κ2) is 9.63. The number of aliphatic hydroxyl groups is 1. The van der Waals surface area contributed by atoms with Crippen molar-refractivity contribution in [1.82, 2.24) is 19.9 Å². The maximum absolute atomic E-state index is 14.5. The van der Waals surface area contributed by atoms with Gasteiger partial charge < -0.3 is 15.4 Å². The molecule has 0 aliphatic heterocycles. The van der Waals surface area contributed by atoms with E-state index < -0.39 is 58.7 Å². The van der Waals surface area contributed by atoms with E-state index in [-0.39, 0.29) is 11.4 Å². The van der Waals surface area contributed by atoms with Gasteiger partial charge in [-0.05, 0) is 48.7 Å². The number of carbonyl (C=O) groups excluding carboxylic acids is 1. The van der Waals surface area contributed by atoms with Crippen LogP contribution in [0.5, 0.6) is 0 Å². The number of carbonyl (C=O) groups is 1. The molecule has 2 heterocycles. The average molecular weight is 538 g/mol. The highest BCUT2D eigenvalue weighted by Gasteiger charge is 2.44. The molecule has 0 bridgehead atoms. The number of halogens is 6. The van der Waals surface area contributed by atoms with Crippen molar-refractivity contribution in [2.24, 2.45) is 0 Å². The van der Waals surface area contributed by atoms with Gasteiger partial charge in [0.2, 0.25) is 0 Å². The Morgan fingerprint density at radius 3 is 2.32 bits per heavy atom. The van der Waals surface area contributed by atoms with Gasteiger partial charge in [0.05, 0.1) is 5.56 Å². The smallest absolute Gasteiger partial charge is 0.390 e. The number of nitrogens with one attached hydrogen (secondary N) is 2. The Bertz CT molecular complexity index is 1580. The van der Waals surface area contributed by atoms with E-state index in [0.717, 1.165) is 35.4 Å². The topological polar surface area (TPSA) is 99.5 Å². The molecular formula is C25H20F6N4O3. The first kappa shape index (κ1) is 26.9. The predicted molar refractivity (Wildman–Crippen MR) is 124 cm³/mol. The summed E-state index contributed by atoms with van der Waals surface area (Å²) in [6.45, 7) is 1.86. The number of amides is 1. The van der Waals surface area contributed by atoms with Crippen LogP contribution in [0.1, 0.15) is 38.7 Å². The minimum atomic E-state index is -5.25. The van der Waals surface area contributed by atoms with E-state index in [1.165, 1.54) is 0 Å². The minimum Gasteiger partial charge on any atom is -0.390 e. The van der Waals surface area contributed by atoms with Crippen molar-refractivity contribution in [3.05, 3.63) is 92.6 Å². The van der Waals surface area contributed by atoms with Gasteiger partial charge in [0.25, 0.3) is 17.4 Å². The molecular weight excluding hydrogens is 518 g/mol. The van der Waals surface area contributed by atoms with Crippen molar-refractivity contribution in [1.29, 1.82) is 0 Å². The third-order valence-electron chi connectivity index (χ3n) is 6.06. The first-order chi connectivity index (χ1) is 17.7. The fourth-order valence-corrected chi connectivity index (χ4v) is 3.96. The van der Waals surface area contributed by atoms with Crippen LogP contribution in [0.25, 0.3) is 16.9 Å². The lowest BCUT2D eigenvalue weighted by molar-refractivity contribution is -0.136. The van der Waals surface area contributed by atoms with Gasteiger partial charge in [-0.25, -0.2) is 17.7 Å². The zero-order valence-electron chi connectivity index (χ0n) is 19.8. The highest BCUT2D eigenvalue weighted by molar-refractivity contribution is 5.98. The molecule has 0 unspecified atom stereocenters. The molecule has 1 amide bonds. The van der Waals surface area contributed by atoms with Gasteiger partial charge in [-0.15, -0.1) is 5.10 Å². The van der Waals surface area contributed by atoms with Crippen molar-refractivity contribution in [2.45, 2.75) is 32.0 Å². The summed E-state index contributed by atoms with van der Waals surface area (Å²) in [4.78, 5) is 28.0. The molecule has 4 aromatic rings. The average Bonchev–Trinajstić information content (AvgIpc) is 3.26. The summed E-state index contributed by atoms with van der Waals surface area (Å²) in [6.07, 6.45) is -4.63. The SMILES string of the molecule is Cc1ccc(-c2nn3cc(C(=O)N[C@@H](c4ccc(F)cc4)C(F)(F)CO)c(C(F)(F)F)c3c(=O)[nH]2)cc1C. The molecule has 0 fully saturated rings. The van der Waals surface area contributed by atoms with E-state index in [9.17, 15) is 35.9 Å². The van der Waals surface area contributed by atoms with Crippen LogP contribution in [-0.4, -0.2) is 38.1 Å². The van der Waals surface area contributed by atoms with Crippen LogP contribution in [0.3, 0.4) is 0 Å². The number of rotatable bonds is 6. The molecule has 2 aromatic carbocycles. The number of benzene rings is 2. The second-order valence-electron chi connectivity index (χ2n) is 8.69. The summed E-state index contributed by atoms with van der Waals surface area (Å²) in [7, 11) is 0. The van der Waals surface area contributed by atoms with Crippen molar-refractivity contribution in [3.8, 4) is 11.4 Å². The Labute approximate surface area is 210 Å². The highest BCUT2D eigenvalue weighted by atomic mass is 19.4. The van der Waals surface area contributed by atoms with E-state index >= 15 is 0 Å². The summed E-state index contributed by atoms with van der Waals surface area (Å²) in [5.74, 6) is -6.51. The third kappa shape index (κ3) is 5.01. The van der Waals surface area contributed by atoms with Crippen LogP contribution in [0.15, 0.2) is 53.5 Å². The van der Waals surface area contributed by atoms with Gasteiger partial charge in [-0.1, -0.05) is 24.3 Å². The molecule has 200 valence electrons. The molecule has 0 aliphatic carbocycles. The number of aromatic nitrogens is 3. The Hall–Kier alpha value is -4.13. The van der Waals surface area contributed by atoms with Gasteiger partial charge in [0.15, 0.2) is 5.82 Å². The van der Waals surface area contributed by atoms with Gasteiger partial charge >= 0.3 is 6.18 Å². The van der Waals surface area contributed by atoms with Crippen molar-refractivity contribution in [2.75, 3.05) is 6.61 Å². The van der Waals surface area contributed by atoms with Crippen molar-refractivity contribution >= 4 is 11.4 Å². The number of hydrogen-bond donors (Lipinski definition) is 3. The number of aryl methyl sites for hydroxylation is 2. The number of hydrogen-bond acceptors (Lipinski definition) is 4. The maximum Gasteiger partial charge on any atom is 0.419 e. The first-order valence-corrected chi connectivity index (χ1v) is 11.1. The number of fused-ring (bicyclic) bond motifs is 1. The molecule has 0 radical (unpaired) electrons. The van der Waals surface area contributed by atoms with Gasteiger partial charge in [-0.3, -0.25) is 9.59 Å². The van der Waals surface area contributed by atoms with E-state index in [1.807, 2.05) is 6.92 Å². The zero-order valence-corrected chi connectivity index (χ0v) is 19.8. The summed E-state index contributed by atoms with van der Waals surface area (Å²) < 4.78 is 85.2. The summed E-state index contributed by atoms with van der Waals surface area (Å²) in [6, 6.07) is 6.08. The molecule has 7 nitrogen and oxygen atoms in total. The fourth-order valence-electron chi connectivity index (χ4n) is 3.96. The molecule has 3 N–H and O–H groups in total. The van der Waals surface area contributed by atoms with Gasteiger partial charge in [0, 0.05) is 11.8 Å². The molecule has 13 heteroatoms. The molecule has 0 spiro atoms. The zero-order chi connectivity index (χ0) is 28.0. The van der Waals surface area contributed by atoms with Crippen LogP contribution >= 0.6 is 0 Å². The fraction of sp³-hybridized carbons (Fsp3) is 0.240. The molecule has 0 aliphatic rings. The standard InChI is InChI=1S/C25H20F6N4O3/c1-12-3-4-15(9-13(12)2)21-33-23(38)19-18(25(29,30)31)17(10-35(19)34-21)22(37)32-20(24(27,28)11-36)14-5-7-16(26)8-6-14/h3-10,20,36H,11H2,1-2H3,(H,32,37)(H,33,34,38)/t20-/m0/s1. The minimum absolute atomic E-state index is 0.0858. The lowest BCUT2D eigenvalue weighted by Gasteiger charge is -2.26. The quantitative estimate of drug-likeness (QED) is 0.314. The van der Waals surface area contributed by atoms with Crippen LogP contribution in [0, 0.1) is 19.7 Å². The van der Waals surface area contributed by atoms with Crippen molar-refractivity contribution < 1.29 is 36.2 Å². The summed E-state index contributed by atoms with van der Waals surface area (Å²) in [5.41, 5.74) is -3.28. The van der Waals surface area contributed by atoms with Crippen molar-refractivity contribution in [3.63, 3.8) is 0 Å². The summed E-state index contributed by atoms with van der Waals surface area (Å²) >= 11 is 0. The molecule has 0 saturated heterocycles. The van der Waals surface area contributed by atoms with Crippen LogP contribution in [0.2, 0.25) is 0 Å². The first-order valence-electron chi connectivity index (χ1n) is 11.1. The Morgan fingerprint density at radius 2 is 1.74 bits per heavy atom. The largest absolute Gasteiger partial charge is 0.419 e. The van der Waals surface area contributed by atoms with E-state index in [1.54, 1.807) is 30.4 Å². The Kier molecular flexibility index (Phi) is 6.82. The van der Waals surface area contributed by atoms with Crippen LogP contribution < -0.4 is 10.9 Å². The number of H-pyrrole nitrogens is 1. The molecule has 1 atom stereocenters.